The van der Waals surface area contributed by atoms with Crippen LogP contribution in [0, 0.1) is 11.8 Å². The van der Waals surface area contributed by atoms with Crippen molar-refractivity contribution in [1.29, 1.82) is 0 Å². The van der Waals surface area contributed by atoms with Crippen molar-refractivity contribution in [3.05, 3.63) is 77.0 Å². The van der Waals surface area contributed by atoms with Crippen LogP contribution in [0.25, 0.3) is 11.1 Å². The van der Waals surface area contributed by atoms with Gasteiger partial charge in [0.2, 0.25) is 5.88 Å². The topological polar surface area (TPSA) is 60.9 Å². The first-order valence-electron chi connectivity index (χ1n) is 14.8. The molecule has 2 fully saturated rings. The summed E-state index contributed by atoms with van der Waals surface area (Å²) in [5, 5.41) is 0. The van der Waals surface area contributed by atoms with Gasteiger partial charge in [0.1, 0.15) is 11.9 Å². The van der Waals surface area contributed by atoms with Gasteiger partial charge in [0.05, 0.1) is 20.1 Å². The molecular weight excluding hydrogens is 500 g/mol. The Hall–Kier alpha value is -3.38. The van der Waals surface area contributed by atoms with Gasteiger partial charge in [-0.15, -0.1) is 0 Å². The van der Waals surface area contributed by atoms with E-state index in [1.807, 2.05) is 19.2 Å². The lowest BCUT2D eigenvalue weighted by Gasteiger charge is -2.29. The third-order valence-corrected chi connectivity index (χ3v) is 9.01. The van der Waals surface area contributed by atoms with Gasteiger partial charge in [-0.05, 0) is 109 Å². The maximum Gasteiger partial charge on any atom is 0.309 e. The lowest BCUT2D eigenvalue weighted by atomic mass is 9.82. The molecule has 1 aliphatic carbocycles. The summed E-state index contributed by atoms with van der Waals surface area (Å²) in [4.78, 5) is 19.3. The summed E-state index contributed by atoms with van der Waals surface area (Å²) >= 11 is 0. The van der Waals surface area contributed by atoms with Gasteiger partial charge in [-0.2, -0.15) is 0 Å². The van der Waals surface area contributed by atoms with Gasteiger partial charge in [0.15, 0.2) is 0 Å². The number of methoxy groups -OCH3 is 2. The molecule has 0 amide bonds. The number of aromatic nitrogens is 1. The van der Waals surface area contributed by atoms with Crippen molar-refractivity contribution in [1.82, 2.24) is 9.88 Å². The molecule has 3 aromatic rings. The molecule has 40 heavy (non-hydrogen) atoms. The average Bonchev–Trinajstić information content (AvgIpc) is 3.70. The van der Waals surface area contributed by atoms with Crippen LogP contribution >= 0.6 is 0 Å². The van der Waals surface area contributed by atoms with Gasteiger partial charge in [-0.25, -0.2) is 4.98 Å². The first-order valence-corrected chi connectivity index (χ1v) is 14.8. The minimum absolute atomic E-state index is 0.00138. The fourth-order valence-electron chi connectivity index (χ4n) is 6.68. The maximum atomic E-state index is 12.4. The molecule has 3 heterocycles. The number of esters is 1. The van der Waals surface area contributed by atoms with E-state index in [1.54, 1.807) is 7.11 Å². The second-order valence-electron chi connectivity index (χ2n) is 11.7. The molecule has 6 nitrogen and oxygen atoms in total. The Bertz CT molecular complexity index is 1360. The quantitative estimate of drug-likeness (QED) is 0.281. The molecule has 3 aliphatic rings. The highest BCUT2D eigenvalue weighted by atomic mass is 16.5. The van der Waals surface area contributed by atoms with Crippen LogP contribution in [0.4, 0.5) is 0 Å². The van der Waals surface area contributed by atoms with E-state index in [0.29, 0.717) is 11.8 Å². The largest absolute Gasteiger partial charge is 0.485 e. The lowest BCUT2D eigenvalue weighted by molar-refractivity contribution is -0.145. The molecule has 1 unspecified atom stereocenters. The van der Waals surface area contributed by atoms with Gasteiger partial charge in [0.25, 0.3) is 0 Å². The molecule has 2 aromatic carbocycles. The van der Waals surface area contributed by atoms with Crippen LogP contribution in [0.3, 0.4) is 0 Å². The van der Waals surface area contributed by atoms with E-state index in [-0.39, 0.29) is 23.9 Å². The second-order valence-corrected chi connectivity index (χ2v) is 11.7. The van der Waals surface area contributed by atoms with E-state index in [2.05, 4.69) is 52.3 Å². The summed E-state index contributed by atoms with van der Waals surface area (Å²) in [7, 11) is 3.14. The molecule has 210 valence electrons. The summed E-state index contributed by atoms with van der Waals surface area (Å²) in [5.41, 5.74) is 7.32. The number of carbonyl (C=O) groups is 1. The summed E-state index contributed by atoms with van der Waals surface area (Å²) in [6.07, 6.45) is 8.60. The third-order valence-electron chi connectivity index (χ3n) is 9.01. The summed E-state index contributed by atoms with van der Waals surface area (Å²) in [6, 6.07) is 17.5. The first-order chi connectivity index (χ1) is 19.5. The van der Waals surface area contributed by atoms with E-state index in [4.69, 9.17) is 14.2 Å². The molecule has 1 aromatic heterocycles. The summed E-state index contributed by atoms with van der Waals surface area (Å²) < 4.78 is 17.2. The standard InChI is InChI=1S/C34H40N2O4/c1-22(34(37)39-3)33(24-7-8-24)27-9-6-23-11-13-30(40-31(23)19-27)26-10-12-29(25-14-15-35-32(20-25)38-2)28(18-26)21-36-16-4-5-17-36/h6,9-10,12,14-15,18-20,22,24,30,33H,4-5,7-8,11,13,16-17,21H2,1-3H3/t22-,30?,33-/m0/s1. The van der Waals surface area contributed by atoms with Crippen LogP contribution in [-0.2, 0) is 22.5 Å². The molecule has 0 bridgehead atoms. The first kappa shape index (κ1) is 26.8. The van der Waals surface area contributed by atoms with E-state index in [0.717, 1.165) is 43.8 Å². The summed E-state index contributed by atoms with van der Waals surface area (Å²) in [6.45, 7) is 5.21. The predicted molar refractivity (Wildman–Crippen MR) is 156 cm³/mol. The minimum atomic E-state index is -0.164. The van der Waals surface area contributed by atoms with Gasteiger partial charge in [-0.3, -0.25) is 9.69 Å². The molecular formula is C34H40N2O4. The number of carbonyl (C=O) groups excluding carboxylic acids is 1. The molecule has 0 spiro atoms. The molecule has 0 N–H and O–H groups in total. The highest BCUT2D eigenvalue weighted by molar-refractivity contribution is 5.73. The molecule has 0 radical (unpaired) electrons. The zero-order valence-corrected chi connectivity index (χ0v) is 23.9. The Morgan fingerprint density at radius 1 is 1.05 bits per heavy atom. The number of fused-ring (bicyclic) bond motifs is 1. The fourth-order valence-corrected chi connectivity index (χ4v) is 6.68. The van der Waals surface area contributed by atoms with Crippen molar-refractivity contribution in [3.63, 3.8) is 0 Å². The van der Waals surface area contributed by atoms with Crippen molar-refractivity contribution in [2.24, 2.45) is 11.8 Å². The second kappa shape index (κ2) is 11.6. The third kappa shape index (κ3) is 5.60. The van der Waals surface area contributed by atoms with Crippen molar-refractivity contribution >= 4 is 5.97 Å². The Morgan fingerprint density at radius 2 is 1.88 bits per heavy atom. The van der Waals surface area contributed by atoms with Crippen molar-refractivity contribution < 1.29 is 19.0 Å². The molecule has 2 aliphatic heterocycles. The van der Waals surface area contributed by atoms with Crippen LogP contribution in [0.5, 0.6) is 11.6 Å². The monoisotopic (exact) mass is 540 g/mol. The zero-order valence-electron chi connectivity index (χ0n) is 23.9. The Balaban J connectivity index is 1.29. The number of hydrogen-bond acceptors (Lipinski definition) is 6. The number of nitrogens with zero attached hydrogens (tertiary/aromatic N) is 2. The van der Waals surface area contributed by atoms with E-state index in [1.165, 1.54) is 60.6 Å². The van der Waals surface area contributed by atoms with Gasteiger partial charge in [-0.1, -0.05) is 37.3 Å². The van der Waals surface area contributed by atoms with E-state index < -0.39 is 0 Å². The molecule has 1 saturated heterocycles. The van der Waals surface area contributed by atoms with Crippen LogP contribution in [0.1, 0.15) is 73.3 Å². The predicted octanol–water partition coefficient (Wildman–Crippen LogP) is 6.72. The van der Waals surface area contributed by atoms with Crippen LogP contribution in [0.15, 0.2) is 54.7 Å². The Morgan fingerprint density at radius 3 is 2.62 bits per heavy atom. The lowest BCUT2D eigenvalue weighted by Crippen LogP contribution is -2.23. The Labute approximate surface area is 237 Å². The Kier molecular flexibility index (Phi) is 7.79. The number of pyridine rings is 1. The number of aryl methyl sites for hydroxylation is 1. The molecule has 6 heteroatoms. The molecule has 6 rings (SSSR count). The molecule has 3 atom stereocenters. The van der Waals surface area contributed by atoms with Crippen molar-refractivity contribution in [2.45, 2.75) is 64.0 Å². The fraction of sp³-hybridized carbons (Fsp3) is 0.471. The summed E-state index contributed by atoms with van der Waals surface area (Å²) in [5.74, 6) is 2.00. The number of ether oxygens (including phenoxy) is 3. The highest BCUT2D eigenvalue weighted by Gasteiger charge is 2.39. The SMILES string of the molecule is COC(=O)[C@@H](C)[C@H](c1ccc2c(c1)OC(c1ccc(-c3ccnc(OC)c3)c(CN3CCCC3)c1)CC2)C1CC1. The van der Waals surface area contributed by atoms with Gasteiger partial charge < -0.3 is 14.2 Å². The van der Waals surface area contributed by atoms with Gasteiger partial charge >= 0.3 is 5.97 Å². The zero-order chi connectivity index (χ0) is 27.6. The number of likely N-dealkylation sites (tertiary alicyclic amines) is 1. The van der Waals surface area contributed by atoms with Crippen LogP contribution in [0.2, 0.25) is 0 Å². The van der Waals surface area contributed by atoms with E-state index >= 15 is 0 Å². The number of benzene rings is 2. The number of rotatable bonds is 9. The van der Waals surface area contributed by atoms with Crippen LogP contribution < -0.4 is 9.47 Å². The average molecular weight is 541 g/mol. The van der Waals surface area contributed by atoms with Gasteiger partial charge in [0, 0.05) is 18.8 Å². The normalized spacial score (nSPS) is 20.3. The number of hydrogen-bond donors (Lipinski definition) is 0. The van der Waals surface area contributed by atoms with E-state index in [9.17, 15) is 4.79 Å². The van der Waals surface area contributed by atoms with Crippen molar-refractivity contribution in [2.75, 3.05) is 27.3 Å². The maximum absolute atomic E-state index is 12.4. The van der Waals surface area contributed by atoms with Crippen LogP contribution in [-0.4, -0.2) is 43.2 Å². The minimum Gasteiger partial charge on any atom is -0.485 e. The van der Waals surface area contributed by atoms with Crippen molar-refractivity contribution in [3.8, 4) is 22.8 Å². The highest BCUT2D eigenvalue weighted by Crippen LogP contribution is 2.48. The smallest absolute Gasteiger partial charge is 0.309 e. The molecule has 1 saturated carbocycles.